The van der Waals surface area contributed by atoms with Crippen molar-refractivity contribution in [2.24, 2.45) is 0 Å². The second-order valence-electron chi connectivity index (χ2n) is 10.0. The summed E-state index contributed by atoms with van der Waals surface area (Å²) in [7, 11) is 267. The minimum absolute atomic E-state index is 1.37. The van der Waals surface area contributed by atoms with E-state index in [-0.39, 0.29) is 0 Å². The second kappa shape index (κ2) is 181. The molecule has 0 N–H and O–H groups in total. The van der Waals surface area contributed by atoms with Gasteiger partial charge in [0.1, 0.15) is 0 Å². The molecule has 0 rings (SSSR count). The maximum atomic E-state index is 4.84. The van der Waals surface area contributed by atoms with E-state index in [1.807, 2.05) is 1180 Å². The fourth-order valence-electron chi connectivity index (χ4n) is 1.64. The third kappa shape index (κ3) is 181. The van der Waals surface area contributed by atoms with E-state index >= 15 is 0 Å². The van der Waals surface area contributed by atoms with Crippen LogP contribution in [0.2, 0.25) is 0 Å². The van der Waals surface area contributed by atoms with Crippen LogP contribution in [-0.2, 0) is 1330 Å². The fraction of sp³-hybridized carbons (Fsp3) is 0. The van der Waals surface area contributed by atoms with Gasteiger partial charge in [-0.05, 0) is 0 Å². The van der Waals surface area contributed by atoms with Gasteiger partial charge in [-0.2, -0.15) is 0 Å². The van der Waals surface area contributed by atoms with Crippen molar-refractivity contribution in [2.75, 3.05) is 0 Å². The van der Waals surface area contributed by atoms with Crippen LogP contribution in [0.1, 0.15) is 0 Å². The molecule has 0 bridgehead atoms. The van der Waals surface area contributed by atoms with E-state index in [2.05, 4.69) is 0 Å². The highest BCUT2D eigenvalue weighted by atomic mass is 33.6. The van der Waals surface area contributed by atoms with E-state index in [1.54, 1.807) is 107 Å². The van der Waals surface area contributed by atoms with Gasteiger partial charge in [-0.25, -0.2) is 0 Å². The van der Waals surface area contributed by atoms with E-state index in [0.717, 1.165) is 0 Å². The molecule has 0 aliphatic rings. The van der Waals surface area contributed by atoms with Crippen LogP contribution in [0.15, 0.2) is 0 Å². The van der Waals surface area contributed by atoms with Crippen LogP contribution in [0, 0.1) is 0 Å². The Kier molecular flexibility index (Phi) is 221. The summed E-state index contributed by atoms with van der Waals surface area (Å²) in [5, 5.41) is 0. The molecule has 0 aromatic carbocycles. The molecule has 894 valence electrons. The Hall–Kier alpha value is 32.8. The van der Waals surface area contributed by atoms with Crippen LogP contribution in [0.3, 0.4) is 0 Å². The molecule has 149 heteroatoms. The average molecular weight is 4780 g/mol. The molecule has 0 heterocycles. The van der Waals surface area contributed by atoms with Gasteiger partial charge in [-0.3, -0.25) is 0 Å². The Bertz CT molecular complexity index is 11000. The molecule has 0 aromatic heterocycles. The minimum atomic E-state index is 1.37. The standard InChI is InChI=1S/S149/c1-3-5-7-9-11-13-15-17-19-21-23-25-27-29-31-33-35-37-39-41-43-45-47-49-51-53-55-57-59-61-63-65-67-69-71-73-75-77-79-81-83-85-87-89-91-93-95-97-99-101-103-105-107-109-111-113-115-117-119-121-123-125-127-129-131-133-135-137-139-141-143-145-147-149-148-146-144-142-140-138-136-134-132-130-128-126-124-122-120-118-116-114-112-110-108-106-104-102-100-98-96-94-92-90-88-86-84-82-80-78-76-74-72-70-68-66-64-62-60-58-56-54-52-50-48-46-44-42-40-38-36-34-32-30-28-26-24-22-20-18-16-14-12-10-8-6-4-2. The van der Waals surface area contributed by atoms with Crippen molar-refractivity contribution in [2.45, 2.75) is 0 Å². The first kappa shape index (κ1) is 182. The lowest BCUT2D eigenvalue weighted by molar-refractivity contribution is 5.95. The molecule has 0 aliphatic carbocycles. The third-order valence-corrected chi connectivity index (χ3v) is 328. The first-order chi connectivity index (χ1) is 74.4. The summed E-state index contributed by atoms with van der Waals surface area (Å²) >= 11 is 9.67. The fourth-order valence-corrected chi connectivity index (χ4v) is 400. The van der Waals surface area contributed by atoms with Crippen LogP contribution >= 0.6 is 0 Å². The van der Waals surface area contributed by atoms with Gasteiger partial charge in [-0.15, -0.1) is 0 Å². The summed E-state index contributed by atoms with van der Waals surface area (Å²) < 4.78 is 0. The van der Waals surface area contributed by atoms with Crippen LogP contribution in [0.25, 0.3) is 0 Å². The van der Waals surface area contributed by atoms with Crippen molar-refractivity contribution in [3.8, 4) is 0 Å². The molecule has 0 spiro atoms. The molecular weight excluding hydrogens is 4780 g/mol. The van der Waals surface area contributed by atoms with E-state index in [0.29, 0.717) is 0 Å². The Balaban J connectivity index is 6.21. The molecule has 0 aromatic rings. The molecule has 0 aliphatic heterocycles. The summed E-state index contributed by atoms with van der Waals surface area (Å²) in [6, 6.07) is 0. The molecule has 0 saturated heterocycles. The van der Waals surface area contributed by atoms with Crippen molar-refractivity contribution in [1.82, 2.24) is 0 Å². The van der Waals surface area contributed by atoms with Crippen molar-refractivity contribution in [3.05, 3.63) is 0 Å². The molecule has 0 atom stereocenters. The predicted octanol–water partition coefficient (Wildman–Crippen LogP) is -0.358. The van der Waals surface area contributed by atoms with Gasteiger partial charge in [0.05, 0.1) is 0 Å². The maximum absolute atomic E-state index is 4.84. The summed E-state index contributed by atoms with van der Waals surface area (Å²) in [5.74, 6) is 0. The zero-order valence-electron chi connectivity index (χ0n) is 60.8. The lowest BCUT2D eigenvalue weighted by Gasteiger charge is -1.41. The van der Waals surface area contributed by atoms with Gasteiger partial charge in [0.15, 0.2) is 0 Å². The summed E-state index contributed by atoms with van der Waals surface area (Å²) in [5.41, 5.74) is 0. The van der Waals surface area contributed by atoms with E-state index in [1.165, 1.54) is 17.8 Å². The topological polar surface area (TPSA) is 0 Å². The van der Waals surface area contributed by atoms with E-state index in [9.17, 15) is 0 Å². The molecule has 0 nitrogen and oxygen atoms in total. The first-order valence-corrected chi connectivity index (χ1v) is 222. The Morgan fingerprint density at radius 2 is 0.0537 bits per heavy atom. The van der Waals surface area contributed by atoms with Gasteiger partial charge >= 0.3 is 0 Å². The normalized spacial score (nSPS) is 7.92. The number of hydrogen-bond donors (Lipinski definition) is 0. The average Bonchev–Trinajstić information content (AvgIpc) is 1.08. The molecule has 0 radical (unpaired) electrons. The Morgan fingerprint density at radius 3 is 0.0738 bits per heavy atom. The Morgan fingerprint density at radius 1 is 0.0336 bits per heavy atom. The molecule has 149 heavy (non-hydrogen) atoms. The zero-order chi connectivity index (χ0) is 106. The lowest BCUT2D eigenvalue weighted by atomic mass is 30.7. The maximum Gasteiger partial charge on any atom is 0 e. The van der Waals surface area contributed by atoms with Gasteiger partial charge < -0.3 is 0 Å². The van der Waals surface area contributed by atoms with Gasteiger partial charge in [-0.1, -0.05) is 0 Å². The largest absolute Gasteiger partial charge is 0 e. The smallest absolute Gasteiger partial charge is 0 e. The summed E-state index contributed by atoms with van der Waals surface area (Å²) in [6.45, 7) is 0. The monoisotopic (exact) mass is 4760 g/mol. The van der Waals surface area contributed by atoms with Crippen molar-refractivity contribution < 1.29 is 0 Å². The molecule has 0 amide bonds. The highest BCUT2D eigenvalue weighted by Crippen LogP contribution is 1.55. The minimum Gasteiger partial charge on any atom is 0 e. The highest BCUT2D eigenvalue weighted by Gasteiger charge is 1.56. The summed E-state index contributed by atoms with van der Waals surface area (Å²) in [4.78, 5) is 0. The van der Waals surface area contributed by atoms with Crippen LogP contribution < -0.4 is 0 Å². The first-order valence-electron chi connectivity index (χ1n) is 24.7. The molecule has 0 fully saturated rings. The highest BCUT2D eigenvalue weighted by molar-refractivity contribution is 8.92. The lowest BCUT2D eigenvalue weighted by Crippen LogP contribution is -1.42. The SMILES string of the molecule is S=S=S=S=S=S=S=S=S=S=S=S=S=S=S=S=S=S=S=S=S=S=S=S=S=S=S=S=S=S=S=S=S=S=S=S=S=S=S=S=S=S=S=S=S=S=S=S=S=S=S=S=S=S=S=S=S=S=S=S=S=S=S=S=S=S=S=S=S=S=S=S=S=S=S=S=S=S=S=S=S=S=S=S=S=S=S=S=S=S=S=S=S=S=S=S=S=S=S=S=S=S=S=S=S=S=S=S=S=S=S=S=S=S=S=S=S=S=S=S=S=S=S=S=S=S=S=S=S=S=S=S=S=S=S=S=S=S=S=S=S=S=S=S=S=S=S=S=S. The van der Waals surface area contributed by atoms with Gasteiger partial charge in [0, 0.05) is 1330 Å². The molecular formula is S149. The Labute approximate surface area is 1280 Å². The summed E-state index contributed by atoms with van der Waals surface area (Å²) in [6.07, 6.45) is 0. The van der Waals surface area contributed by atoms with Crippen molar-refractivity contribution >= 4 is 1330 Å². The second-order valence-corrected chi connectivity index (χ2v) is 270. The third-order valence-electron chi connectivity index (χ3n) is 4.06. The number of rotatable bonds is 0. The zero-order valence-corrected chi connectivity index (χ0v) is 182. The molecule has 0 unspecified atom stereocenters. The van der Waals surface area contributed by atoms with E-state index in [4.69, 9.17) is 22.4 Å². The van der Waals surface area contributed by atoms with Crippen LogP contribution in [-0.4, -0.2) is 0 Å². The van der Waals surface area contributed by atoms with Gasteiger partial charge in [0.25, 0.3) is 0 Å². The van der Waals surface area contributed by atoms with Crippen LogP contribution in [0.5, 0.6) is 0 Å². The quantitative estimate of drug-likeness (QED) is 0.326. The van der Waals surface area contributed by atoms with E-state index < -0.39 is 0 Å². The van der Waals surface area contributed by atoms with Gasteiger partial charge in [0.2, 0.25) is 0 Å². The van der Waals surface area contributed by atoms with Crippen LogP contribution in [0.4, 0.5) is 0 Å². The number of hydrogen-bond acceptors (Lipinski definition) is 2. The van der Waals surface area contributed by atoms with Crippen molar-refractivity contribution in [1.29, 1.82) is 0 Å². The van der Waals surface area contributed by atoms with Crippen molar-refractivity contribution in [3.63, 3.8) is 0 Å². The molecule has 0 saturated carbocycles. The predicted molar refractivity (Wildman–Crippen MR) is 1100 cm³/mol.